The van der Waals surface area contributed by atoms with Crippen molar-refractivity contribution in [3.05, 3.63) is 11.6 Å². The van der Waals surface area contributed by atoms with Crippen molar-refractivity contribution >= 4 is 0 Å². The molecule has 0 spiro atoms. The topological polar surface area (TPSA) is 9.23 Å². The third kappa shape index (κ3) is 5.35. The van der Waals surface area contributed by atoms with Crippen LogP contribution in [0.15, 0.2) is 11.6 Å². The SMILES string of the molecule is CC(C)CCCC(C)[C@H]1CC[C@H]2[C@@H]3CC=C4C[C@@H](OCCC(C)(C)C)CC[C@]4(C)[C@H]3CC[C@]12C. The summed E-state index contributed by atoms with van der Waals surface area (Å²) in [5, 5.41) is 0. The van der Waals surface area contributed by atoms with Gasteiger partial charge in [-0.1, -0.05) is 86.3 Å². The standard InChI is InChI=1S/C33H58O/c1-23(2)10-9-11-24(3)28-14-15-29-27-13-12-25-22-26(34-21-20-31(4,5)6)16-18-32(25,7)30(27)17-19-33(28,29)8/h12,23-24,26-30H,9-11,13-22H2,1-8H3/t24?,26-,27-,28+,29-,30-,32-,33+/m0/s1. The van der Waals surface area contributed by atoms with Crippen LogP contribution in [0.25, 0.3) is 0 Å². The second-order valence-corrected chi connectivity index (χ2v) is 15.3. The maximum Gasteiger partial charge on any atom is 0.0612 e. The van der Waals surface area contributed by atoms with Crippen molar-refractivity contribution in [3.63, 3.8) is 0 Å². The van der Waals surface area contributed by atoms with E-state index in [0.717, 1.165) is 42.1 Å². The van der Waals surface area contributed by atoms with Gasteiger partial charge in [0.2, 0.25) is 0 Å². The molecule has 34 heavy (non-hydrogen) atoms. The number of fused-ring (bicyclic) bond motifs is 5. The fourth-order valence-corrected chi connectivity index (χ4v) is 9.33. The van der Waals surface area contributed by atoms with Gasteiger partial charge in [0.05, 0.1) is 6.10 Å². The lowest BCUT2D eigenvalue weighted by molar-refractivity contribution is -0.0651. The lowest BCUT2D eigenvalue weighted by Crippen LogP contribution is -2.51. The third-order valence-corrected chi connectivity index (χ3v) is 11.5. The van der Waals surface area contributed by atoms with Gasteiger partial charge < -0.3 is 4.74 Å². The highest BCUT2D eigenvalue weighted by atomic mass is 16.5. The monoisotopic (exact) mass is 470 g/mol. The number of hydrogen-bond acceptors (Lipinski definition) is 1. The van der Waals surface area contributed by atoms with Crippen LogP contribution in [0.3, 0.4) is 0 Å². The summed E-state index contributed by atoms with van der Waals surface area (Å²) in [6, 6.07) is 0. The van der Waals surface area contributed by atoms with Crippen molar-refractivity contribution in [1.82, 2.24) is 0 Å². The van der Waals surface area contributed by atoms with E-state index < -0.39 is 0 Å². The fraction of sp³-hybridized carbons (Fsp3) is 0.939. The number of ether oxygens (including phenoxy) is 1. The van der Waals surface area contributed by atoms with Crippen LogP contribution >= 0.6 is 0 Å². The molecule has 1 unspecified atom stereocenters. The maximum absolute atomic E-state index is 6.42. The highest BCUT2D eigenvalue weighted by Gasteiger charge is 2.59. The molecular weight excluding hydrogens is 412 g/mol. The van der Waals surface area contributed by atoms with Crippen molar-refractivity contribution in [2.45, 2.75) is 139 Å². The van der Waals surface area contributed by atoms with Gasteiger partial charge in [-0.25, -0.2) is 0 Å². The zero-order valence-corrected chi connectivity index (χ0v) is 24.2. The Labute approximate surface area is 213 Å². The Morgan fingerprint density at radius 3 is 2.44 bits per heavy atom. The lowest BCUT2D eigenvalue weighted by Gasteiger charge is -2.58. The first-order chi connectivity index (χ1) is 15.9. The molecule has 0 heterocycles. The summed E-state index contributed by atoms with van der Waals surface area (Å²) in [4.78, 5) is 0. The largest absolute Gasteiger partial charge is 0.378 e. The Bertz CT molecular complexity index is 713. The molecule has 0 aromatic heterocycles. The van der Waals surface area contributed by atoms with Gasteiger partial charge in [-0.05, 0) is 110 Å². The predicted molar refractivity (Wildman–Crippen MR) is 147 cm³/mol. The van der Waals surface area contributed by atoms with Crippen LogP contribution in [-0.4, -0.2) is 12.7 Å². The minimum atomic E-state index is 0.375. The molecule has 4 aliphatic carbocycles. The van der Waals surface area contributed by atoms with Crippen LogP contribution in [0.5, 0.6) is 0 Å². The van der Waals surface area contributed by atoms with Crippen molar-refractivity contribution < 1.29 is 4.74 Å². The van der Waals surface area contributed by atoms with E-state index in [1.54, 1.807) is 5.57 Å². The molecule has 8 atom stereocenters. The molecule has 0 aliphatic heterocycles. The van der Waals surface area contributed by atoms with Crippen molar-refractivity contribution in [2.24, 2.45) is 51.8 Å². The molecule has 0 radical (unpaired) electrons. The average molecular weight is 471 g/mol. The molecule has 1 heteroatoms. The van der Waals surface area contributed by atoms with Crippen LogP contribution in [0.1, 0.15) is 132 Å². The van der Waals surface area contributed by atoms with E-state index >= 15 is 0 Å². The van der Waals surface area contributed by atoms with Gasteiger partial charge in [0, 0.05) is 6.61 Å². The molecule has 3 saturated carbocycles. The second kappa shape index (κ2) is 10.2. The number of hydrogen-bond donors (Lipinski definition) is 0. The molecule has 0 bridgehead atoms. The minimum absolute atomic E-state index is 0.375. The normalized spacial score (nSPS) is 41.0. The average Bonchev–Trinajstić information content (AvgIpc) is 3.10. The van der Waals surface area contributed by atoms with Gasteiger partial charge in [0.1, 0.15) is 0 Å². The van der Waals surface area contributed by atoms with E-state index in [0.29, 0.717) is 22.3 Å². The fourth-order valence-electron chi connectivity index (χ4n) is 9.33. The molecule has 0 N–H and O–H groups in total. The highest BCUT2D eigenvalue weighted by molar-refractivity contribution is 5.25. The quantitative estimate of drug-likeness (QED) is 0.321. The summed E-state index contributed by atoms with van der Waals surface area (Å²) in [5.74, 6) is 5.58. The first kappa shape index (κ1) is 26.8. The van der Waals surface area contributed by atoms with Gasteiger partial charge in [0.25, 0.3) is 0 Å². The molecule has 1 nitrogen and oxygen atoms in total. The molecule has 0 aromatic carbocycles. The molecule has 196 valence electrons. The zero-order valence-electron chi connectivity index (χ0n) is 24.2. The summed E-state index contributed by atoms with van der Waals surface area (Å²) >= 11 is 0. The summed E-state index contributed by atoms with van der Waals surface area (Å²) in [7, 11) is 0. The van der Waals surface area contributed by atoms with E-state index in [1.165, 1.54) is 77.0 Å². The summed E-state index contributed by atoms with van der Waals surface area (Å²) in [5.41, 5.74) is 3.21. The van der Waals surface area contributed by atoms with Crippen molar-refractivity contribution in [1.29, 1.82) is 0 Å². The predicted octanol–water partition coefficient (Wildman–Crippen LogP) is 9.85. The molecular formula is C33H58O. The molecule has 4 rings (SSSR count). The smallest absolute Gasteiger partial charge is 0.0612 e. The van der Waals surface area contributed by atoms with Crippen LogP contribution < -0.4 is 0 Å². The van der Waals surface area contributed by atoms with Gasteiger partial charge in [-0.2, -0.15) is 0 Å². The molecule has 3 fully saturated rings. The Balaban J connectivity index is 1.40. The lowest BCUT2D eigenvalue weighted by atomic mass is 9.47. The van der Waals surface area contributed by atoms with E-state index in [4.69, 9.17) is 4.74 Å². The van der Waals surface area contributed by atoms with E-state index in [1.807, 2.05) is 0 Å². The van der Waals surface area contributed by atoms with Crippen LogP contribution in [0.2, 0.25) is 0 Å². The Morgan fingerprint density at radius 1 is 0.971 bits per heavy atom. The molecule has 0 aromatic rings. The maximum atomic E-state index is 6.42. The summed E-state index contributed by atoms with van der Waals surface area (Å²) < 4.78 is 6.42. The summed E-state index contributed by atoms with van der Waals surface area (Å²) in [6.07, 6.45) is 19.9. The van der Waals surface area contributed by atoms with Crippen molar-refractivity contribution in [2.75, 3.05) is 6.61 Å². The minimum Gasteiger partial charge on any atom is -0.378 e. The Hall–Kier alpha value is -0.300. The Kier molecular flexibility index (Phi) is 8.04. The first-order valence-corrected chi connectivity index (χ1v) is 15.2. The van der Waals surface area contributed by atoms with Crippen LogP contribution in [-0.2, 0) is 4.74 Å². The summed E-state index contributed by atoms with van der Waals surface area (Å²) in [6.45, 7) is 20.7. The molecule has 0 saturated heterocycles. The van der Waals surface area contributed by atoms with Crippen molar-refractivity contribution in [3.8, 4) is 0 Å². The second-order valence-electron chi connectivity index (χ2n) is 15.3. The van der Waals surface area contributed by atoms with E-state index in [9.17, 15) is 0 Å². The van der Waals surface area contributed by atoms with Crippen LogP contribution in [0, 0.1) is 51.8 Å². The van der Waals surface area contributed by atoms with Gasteiger partial charge in [-0.3, -0.25) is 0 Å². The van der Waals surface area contributed by atoms with Gasteiger partial charge in [-0.15, -0.1) is 0 Å². The first-order valence-electron chi connectivity index (χ1n) is 15.2. The Morgan fingerprint density at radius 2 is 1.74 bits per heavy atom. The molecule has 4 aliphatic rings. The van der Waals surface area contributed by atoms with E-state index in [-0.39, 0.29) is 0 Å². The van der Waals surface area contributed by atoms with Crippen LogP contribution in [0.4, 0.5) is 0 Å². The third-order valence-electron chi connectivity index (χ3n) is 11.5. The van der Waals surface area contributed by atoms with Gasteiger partial charge in [0.15, 0.2) is 0 Å². The van der Waals surface area contributed by atoms with Gasteiger partial charge >= 0.3 is 0 Å². The highest BCUT2D eigenvalue weighted by Crippen LogP contribution is 2.67. The number of rotatable bonds is 8. The zero-order chi connectivity index (χ0) is 24.7. The number of allylic oxidation sites excluding steroid dienone is 1. The van der Waals surface area contributed by atoms with E-state index in [2.05, 4.69) is 61.5 Å². The molecule has 0 amide bonds.